The van der Waals surface area contributed by atoms with Crippen molar-refractivity contribution in [3.05, 3.63) is 56.9 Å². The van der Waals surface area contributed by atoms with Gasteiger partial charge in [-0.15, -0.1) is 11.6 Å². The third-order valence-corrected chi connectivity index (χ3v) is 6.20. The number of ether oxygens (including phenoxy) is 1. The van der Waals surface area contributed by atoms with Crippen LogP contribution in [0.4, 0.5) is 10.1 Å². The number of hydrogen-bond acceptors (Lipinski definition) is 4. The Morgan fingerprint density at radius 3 is 2.81 bits per heavy atom. The molecule has 162 valence electrons. The molecule has 1 unspecified atom stereocenters. The molecule has 6 nitrogen and oxygen atoms in total. The first-order chi connectivity index (χ1) is 14.9. The first kappa shape index (κ1) is 22.2. The van der Waals surface area contributed by atoms with Crippen molar-refractivity contribution in [1.29, 1.82) is 0 Å². The summed E-state index contributed by atoms with van der Waals surface area (Å²) in [5.74, 6) is -1.92. The molecule has 3 aromatic rings. The molecule has 1 amide bonds. The third-order valence-electron chi connectivity index (χ3n) is 5.04. The van der Waals surface area contributed by atoms with Crippen LogP contribution in [0.5, 0.6) is 0 Å². The summed E-state index contributed by atoms with van der Waals surface area (Å²) >= 11 is 15.0. The molecule has 0 bridgehead atoms. The first-order valence-corrected chi connectivity index (χ1v) is 11.3. The van der Waals surface area contributed by atoms with Crippen LogP contribution < -0.4 is 5.32 Å². The van der Waals surface area contributed by atoms with E-state index in [9.17, 15) is 14.0 Å². The maximum atomic E-state index is 14.1. The third kappa shape index (κ3) is 4.48. The maximum absolute atomic E-state index is 14.1. The van der Waals surface area contributed by atoms with Crippen molar-refractivity contribution in [2.75, 3.05) is 17.8 Å². The summed E-state index contributed by atoms with van der Waals surface area (Å²) in [4.78, 5) is 25.3. The van der Waals surface area contributed by atoms with Crippen LogP contribution in [-0.2, 0) is 9.53 Å². The van der Waals surface area contributed by atoms with E-state index in [1.54, 1.807) is 23.0 Å². The molecular formula is C21H17BrCl2FN3O3. The number of carbonyl (C=O) groups excluding carboxylic acids is 2. The van der Waals surface area contributed by atoms with Crippen molar-refractivity contribution < 1.29 is 18.7 Å². The van der Waals surface area contributed by atoms with Gasteiger partial charge < -0.3 is 10.1 Å². The molecule has 10 heteroatoms. The molecule has 31 heavy (non-hydrogen) atoms. The summed E-state index contributed by atoms with van der Waals surface area (Å²) in [6.45, 7) is 0.646. The number of amides is 1. The first-order valence-electron chi connectivity index (χ1n) is 9.57. The van der Waals surface area contributed by atoms with Crippen LogP contribution >= 0.6 is 39.1 Å². The summed E-state index contributed by atoms with van der Waals surface area (Å²) in [6, 6.07) is 5.59. The monoisotopic (exact) mass is 527 g/mol. The second kappa shape index (κ2) is 9.24. The lowest BCUT2D eigenvalue weighted by Gasteiger charge is -2.22. The van der Waals surface area contributed by atoms with E-state index in [-0.39, 0.29) is 27.8 Å². The quantitative estimate of drug-likeness (QED) is 0.340. The minimum Gasteiger partial charge on any atom is -0.357 e. The molecule has 4 rings (SSSR count). The van der Waals surface area contributed by atoms with Gasteiger partial charge >= 0.3 is 0 Å². The Morgan fingerprint density at radius 2 is 2.10 bits per heavy atom. The van der Waals surface area contributed by atoms with E-state index in [0.29, 0.717) is 28.1 Å². The molecule has 1 atom stereocenters. The number of alkyl halides is 1. The summed E-state index contributed by atoms with van der Waals surface area (Å²) in [5.41, 5.74) is 0.926. The number of hydrogen-bond donors (Lipinski definition) is 1. The number of carbonyl (C=O) groups is 2. The number of nitrogens with one attached hydrogen (secondary N) is 1. The zero-order valence-electron chi connectivity index (χ0n) is 16.1. The van der Waals surface area contributed by atoms with E-state index >= 15 is 0 Å². The van der Waals surface area contributed by atoms with E-state index < -0.39 is 17.5 Å². The molecule has 0 saturated carbocycles. The van der Waals surface area contributed by atoms with Crippen molar-refractivity contribution >= 4 is 67.4 Å². The number of halogens is 4. The highest BCUT2D eigenvalue weighted by Crippen LogP contribution is 2.33. The van der Waals surface area contributed by atoms with E-state index in [1.807, 2.05) is 0 Å². The minimum atomic E-state index is -0.620. The van der Waals surface area contributed by atoms with Gasteiger partial charge in [-0.05, 0) is 59.5 Å². The molecule has 2 heterocycles. The van der Waals surface area contributed by atoms with E-state index in [1.165, 1.54) is 6.07 Å². The van der Waals surface area contributed by atoms with Crippen molar-refractivity contribution in [2.24, 2.45) is 0 Å². The highest BCUT2D eigenvalue weighted by atomic mass is 79.9. The average molecular weight is 529 g/mol. The standard InChI is InChI=1S/C21H17BrCl2FN3O3/c22-14-7-12(17(8-16(14)25)26-18(29)9-23)21(30)11-4-5-15(24)20-13(11)10-28(27-20)19-3-1-2-6-31-19/h4-5,7-8,10,19H,1-3,6,9H2,(H,26,29). The van der Waals surface area contributed by atoms with Gasteiger partial charge in [0.1, 0.15) is 23.4 Å². The van der Waals surface area contributed by atoms with Crippen LogP contribution in [0.1, 0.15) is 41.4 Å². The highest BCUT2D eigenvalue weighted by Gasteiger charge is 2.24. The van der Waals surface area contributed by atoms with Crippen LogP contribution in [0.25, 0.3) is 10.9 Å². The van der Waals surface area contributed by atoms with Crippen molar-refractivity contribution in [1.82, 2.24) is 9.78 Å². The molecular weight excluding hydrogens is 512 g/mol. The van der Waals surface area contributed by atoms with Gasteiger partial charge in [-0.2, -0.15) is 5.10 Å². The number of anilines is 1. The Kier molecular flexibility index (Phi) is 6.62. The van der Waals surface area contributed by atoms with Crippen LogP contribution in [0.2, 0.25) is 5.02 Å². The summed E-state index contributed by atoms with van der Waals surface area (Å²) in [7, 11) is 0. The number of benzene rings is 2. The number of nitrogens with zero attached hydrogens (tertiary/aromatic N) is 2. The summed E-state index contributed by atoms with van der Waals surface area (Å²) in [6.07, 6.45) is 4.35. The molecule has 1 saturated heterocycles. The van der Waals surface area contributed by atoms with Crippen molar-refractivity contribution in [2.45, 2.75) is 25.5 Å². The molecule has 0 radical (unpaired) electrons. The number of fused-ring (bicyclic) bond motifs is 1. The lowest BCUT2D eigenvalue weighted by molar-refractivity contribution is -0.113. The van der Waals surface area contributed by atoms with Gasteiger partial charge in [0.25, 0.3) is 0 Å². The molecule has 1 fully saturated rings. The lowest BCUT2D eigenvalue weighted by Crippen LogP contribution is -2.18. The van der Waals surface area contributed by atoms with Gasteiger partial charge in [0, 0.05) is 29.3 Å². The molecule has 2 aromatic carbocycles. The predicted molar refractivity (Wildman–Crippen MR) is 120 cm³/mol. The normalized spacial score (nSPS) is 16.5. The van der Waals surface area contributed by atoms with Gasteiger partial charge in [0.2, 0.25) is 5.91 Å². The van der Waals surface area contributed by atoms with E-state index in [0.717, 1.165) is 25.3 Å². The smallest absolute Gasteiger partial charge is 0.239 e. The fourth-order valence-electron chi connectivity index (χ4n) is 3.54. The van der Waals surface area contributed by atoms with Gasteiger partial charge in [-0.1, -0.05) is 11.6 Å². The van der Waals surface area contributed by atoms with Gasteiger partial charge in [0.05, 0.1) is 15.2 Å². The van der Waals surface area contributed by atoms with Crippen LogP contribution in [-0.4, -0.2) is 34.0 Å². The zero-order chi connectivity index (χ0) is 22.1. The van der Waals surface area contributed by atoms with E-state index in [2.05, 4.69) is 26.3 Å². The Labute approximate surface area is 195 Å². The lowest BCUT2D eigenvalue weighted by atomic mass is 9.98. The van der Waals surface area contributed by atoms with Crippen LogP contribution in [0, 0.1) is 5.82 Å². The molecule has 1 aliphatic heterocycles. The molecule has 1 N–H and O–H groups in total. The van der Waals surface area contributed by atoms with Gasteiger partial charge in [-0.25, -0.2) is 9.07 Å². The predicted octanol–water partition coefficient (Wildman–Crippen LogP) is 5.70. The Bertz CT molecular complexity index is 1180. The SMILES string of the molecule is O=C(CCl)Nc1cc(F)c(Br)cc1C(=O)c1ccc(Cl)c2nn(C3CCCCO3)cc12. The number of rotatable bonds is 5. The summed E-state index contributed by atoms with van der Waals surface area (Å²) in [5, 5.41) is 7.96. The number of aromatic nitrogens is 2. The van der Waals surface area contributed by atoms with Gasteiger partial charge in [-0.3, -0.25) is 9.59 Å². The molecule has 1 aromatic heterocycles. The Balaban J connectivity index is 1.81. The zero-order valence-corrected chi connectivity index (χ0v) is 19.2. The minimum absolute atomic E-state index is 0.0301. The number of ketones is 1. The Hall–Kier alpha value is -2.00. The van der Waals surface area contributed by atoms with Crippen LogP contribution in [0.3, 0.4) is 0 Å². The van der Waals surface area contributed by atoms with Crippen LogP contribution in [0.15, 0.2) is 34.9 Å². The van der Waals surface area contributed by atoms with Gasteiger partial charge in [0.15, 0.2) is 5.78 Å². The van der Waals surface area contributed by atoms with Crippen molar-refractivity contribution in [3.63, 3.8) is 0 Å². The fourth-order valence-corrected chi connectivity index (χ4v) is 4.15. The van der Waals surface area contributed by atoms with Crippen molar-refractivity contribution in [3.8, 4) is 0 Å². The summed E-state index contributed by atoms with van der Waals surface area (Å²) < 4.78 is 21.7. The molecule has 0 aliphatic carbocycles. The second-order valence-corrected chi connectivity index (χ2v) is 8.64. The molecule has 0 spiro atoms. The largest absolute Gasteiger partial charge is 0.357 e. The molecule has 1 aliphatic rings. The maximum Gasteiger partial charge on any atom is 0.239 e. The second-order valence-electron chi connectivity index (χ2n) is 7.11. The fraction of sp³-hybridized carbons (Fsp3) is 0.286. The Morgan fingerprint density at radius 1 is 1.29 bits per heavy atom. The average Bonchev–Trinajstić information content (AvgIpc) is 3.23. The van der Waals surface area contributed by atoms with E-state index in [4.69, 9.17) is 27.9 Å². The highest BCUT2D eigenvalue weighted by molar-refractivity contribution is 9.10. The topological polar surface area (TPSA) is 73.2 Å².